The molecule has 0 spiro atoms. The van der Waals surface area contributed by atoms with E-state index in [1.807, 2.05) is 24.3 Å². The number of aliphatic hydroxyl groups is 1. The van der Waals surface area contributed by atoms with Gasteiger partial charge in [-0.2, -0.15) is 0 Å². The highest BCUT2D eigenvalue weighted by Crippen LogP contribution is 2.38. The highest BCUT2D eigenvalue weighted by atomic mass is 32.2. The molecule has 1 amide bonds. The number of benzene rings is 1. The van der Waals surface area contributed by atoms with Crippen LogP contribution in [0.4, 0.5) is 0 Å². The van der Waals surface area contributed by atoms with Gasteiger partial charge in [-0.05, 0) is 17.7 Å². The van der Waals surface area contributed by atoms with Crippen molar-refractivity contribution < 1.29 is 14.6 Å². The van der Waals surface area contributed by atoms with Crippen molar-refractivity contribution in [2.45, 2.75) is 5.37 Å². The highest BCUT2D eigenvalue weighted by Gasteiger charge is 2.32. The molecule has 0 radical (unpaired) electrons. The van der Waals surface area contributed by atoms with Crippen LogP contribution < -0.4 is 4.74 Å². The number of carbonyl (C=O) groups is 1. The second kappa shape index (κ2) is 5.42. The molecule has 92 valence electrons. The normalized spacial score (nSPS) is 19.8. The number of thioether (sulfide) groups is 1. The minimum Gasteiger partial charge on any atom is -0.497 e. The average Bonchev–Trinajstić information content (AvgIpc) is 2.72. The van der Waals surface area contributed by atoms with E-state index >= 15 is 0 Å². The molecule has 0 aromatic heterocycles. The van der Waals surface area contributed by atoms with E-state index in [9.17, 15) is 4.79 Å². The number of β-amino-alcohol motifs (C(OH)–C–C–N with tert-alkyl or cyclic N) is 1. The molecule has 1 N–H and O–H groups in total. The number of rotatable bonds is 4. The first-order chi connectivity index (χ1) is 8.26. The molecule has 1 aromatic carbocycles. The Labute approximate surface area is 105 Å². The lowest BCUT2D eigenvalue weighted by atomic mass is 10.2. The molecule has 0 bridgehead atoms. The molecule has 0 aliphatic carbocycles. The van der Waals surface area contributed by atoms with Crippen LogP contribution in [0, 0.1) is 0 Å². The Balaban J connectivity index is 2.17. The maximum Gasteiger partial charge on any atom is 0.233 e. The summed E-state index contributed by atoms with van der Waals surface area (Å²) in [6, 6.07) is 7.69. The van der Waals surface area contributed by atoms with Crippen LogP contribution in [0.1, 0.15) is 10.9 Å². The van der Waals surface area contributed by atoms with Crippen molar-refractivity contribution in [3.05, 3.63) is 29.8 Å². The number of aliphatic hydroxyl groups excluding tert-OH is 1. The summed E-state index contributed by atoms with van der Waals surface area (Å²) in [6.45, 7) is 0.390. The van der Waals surface area contributed by atoms with Crippen molar-refractivity contribution in [1.29, 1.82) is 0 Å². The average molecular weight is 253 g/mol. The predicted molar refractivity (Wildman–Crippen MR) is 67.0 cm³/mol. The number of carbonyl (C=O) groups excluding carboxylic acids is 1. The minimum atomic E-state index is -0.00104. The number of hydrogen-bond acceptors (Lipinski definition) is 4. The molecule has 0 unspecified atom stereocenters. The quantitative estimate of drug-likeness (QED) is 0.877. The molecule has 1 fully saturated rings. The van der Waals surface area contributed by atoms with Gasteiger partial charge in [-0.25, -0.2) is 0 Å². The summed E-state index contributed by atoms with van der Waals surface area (Å²) in [5, 5.41) is 8.98. The van der Waals surface area contributed by atoms with Gasteiger partial charge in [-0.15, -0.1) is 11.8 Å². The molecule has 1 atom stereocenters. The summed E-state index contributed by atoms with van der Waals surface area (Å²) >= 11 is 1.59. The summed E-state index contributed by atoms with van der Waals surface area (Å²) in [5.74, 6) is 1.37. The first-order valence-electron chi connectivity index (χ1n) is 5.42. The van der Waals surface area contributed by atoms with Gasteiger partial charge in [0.05, 0.1) is 19.5 Å². The molecule has 17 heavy (non-hydrogen) atoms. The van der Waals surface area contributed by atoms with E-state index in [2.05, 4.69) is 0 Å². The Morgan fingerprint density at radius 1 is 1.47 bits per heavy atom. The number of amides is 1. The van der Waals surface area contributed by atoms with Gasteiger partial charge < -0.3 is 14.7 Å². The van der Waals surface area contributed by atoms with Crippen molar-refractivity contribution >= 4 is 17.7 Å². The molecule has 1 saturated heterocycles. The third-order valence-corrected chi connectivity index (χ3v) is 3.97. The Hall–Kier alpha value is -1.20. The zero-order chi connectivity index (χ0) is 12.3. The van der Waals surface area contributed by atoms with E-state index in [0.717, 1.165) is 11.3 Å². The Morgan fingerprint density at radius 2 is 2.18 bits per heavy atom. The maximum absolute atomic E-state index is 11.6. The lowest BCUT2D eigenvalue weighted by Crippen LogP contribution is -2.30. The molecule has 4 nitrogen and oxygen atoms in total. The van der Waals surface area contributed by atoms with Crippen LogP contribution in [0.15, 0.2) is 24.3 Å². The van der Waals surface area contributed by atoms with Crippen LogP contribution in [0.2, 0.25) is 0 Å². The van der Waals surface area contributed by atoms with Crippen LogP contribution in [-0.2, 0) is 4.79 Å². The fourth-order valence-corrected chi connectivity index (χ4v) is 3.07. The number of hydrogen-bond donors (Lipinski definition) is 1. The third kappa shape index (κ3) is 2.56. The van der Waals surface area contributed by atoms with E-state index < -0.39 is 0 Å². The molecule has 1 heterocycles. The molecular weight excluding hydrogens is 238 g/mol. The summed E-state index contributed by atoms with van der Waals surface area (Å²) < 4.78 is 5.10. The molecule has 0 saturated carbocycles. The van der Waals surface area contributed by atoms with E-state index in [1.165, 1.54) is 0 Å². The molecule has 2 rings (SSSR count). The van der Waals surface area contributed by atoms with Crippen LogP contribution in [0.5, 0.6) is 5.75 Å². The summed E-state index contributed by atoms with van der Waals surface area (Å²) in [6.07, 6.45) is 0. The fourth-order valence-electron chi connectivity index (χ4n) is 1.85. The third-order valence-electron chi connectivity index (χ3n) is 2.71. The highest BCUT2D eigenvalue weighted by molar-refractivity contribution is 8.00. The second-order valence-corrected chi connectivity index (χ2v) is 4.82. The number of ether oxygens (including phenoxy) is 1. The van der Waals surface area contributed by atoms with Crippen molar-refractivity contribution in [3.63, 3.8) is 0 Å². The standard InChI is InChI=1S/C12H15NO3S/c1-16-10-4-2-9(3-5-10)12-13(6-7-14)11(15)8-17-12/h2-5,12,14H,6-8H2,1H3/t12-/m0/s1. The van der Waals surface area contributed by atoms with Crippen LogP contribution in [-0.4, -0.2) is 41.9 Å². The van der Waals surface area contributed by atoms with Crippen LogP contribution in [0.3, 0.4) is 0 Å². The molecule has 1 aliphatic heterocycles. The number of methoxy groups -OCH3 is 1. The monoisotopic (exact) mass is 253 g/mol. The smallest absolute Gasteiger partial charge is 0.233 e. The Bertz CT molecular complexity index is 393. The lowest BCUT2D eigenvalue weighted by Gasteiger charge is -2.23. The largest absolute Gasteiger partial charge is 0.497 e. The van der Waals surface area contributed by atoms with E-state index in [1.54, 1.807) is 23.8 Å². The fraction of sp³-hybridized carbons (Fsp3) is 0.417. The van der Waals surface area contributed by atoms with Crippen molar-refractivity contribution in [2.75, 3.05) is 26.0 Å². The van der Waals surface area contributed by atoms with Gasteiger partial charge in [0.25, 0.3) is 0 Å². The number of nitrogens with zero attached hydrogens (tertiary/aromatic N) is 1. The second-order valence-electron chi connectivity index (χ2n) is 3.75. The zero-order valence-electron chi connectivity index (χ0n) is 9.63. The van der Waals surface area contributed by atoms with E-state index in [4.69, 9.17) is 9.84 Å². The SMILES string of the molecule is COc1ccc([C@@H]2SCC(=O)N2CCO)cc1. The van der Waals surface area contributed by atoms with Crippen molar-refractivity contribution in [3.8, 4) is 5.75 Å². The van der Waals surface area contributed by atoms with Gasteiger partial charge in [0.15, 0.2) is 0 Å². The zero-order valence-corrected chi connectivity index (χ0v) is 10.4. The predicted octanol–water partition coefficient (Wildman–Crippen LogP) is 1.26. The van der Waals surface area contributed by atoms with Crippen LogP contribution >= 0.6 is 11.8 Å². The molecular formula is C12H15NO3S. The Kier molecular flexibility index (Phi) is 3.91. The topological polar surface area (TPSA) is 49.8 Å². The van der Waals surface area contributed by atoms with Gasteiger partial charge >= 0.3 is 0 Å². The van der Waals surface area contributed by atoms with E-state index in [-0.39, 0.29) is 17.9 Å². The van der Waals surface area contributed by atoms with Gasteiger partial charge in [-0.1, -0.05) is 12.1 Å². The van der Waals surface area contributed by atoms with Gasteiger partial charge in [0, 0.05) is 6.54 Å². The molecule has 1 aromatic rings. The van der Waals surface area contributed by atoms with Crippen molar-refractivity contribution in [2.24, 2.45) is 0 Å². The van der Waals surface area contributed by atoms with Gasteiger partial charge in [0.2, 0.25) is 5.91 Å². The summed E-state index contributed by atoms with van der Waals surface area (Å²) in [5.41, 5.74) is 1.06. The summed E-state index contributed by atoms with van der Waals surface area (Å²) in [4.78, 5) is 13.4. The summed E-state index contributed by atoms with van der Waals surface area (Å²) in [7, 11) is 1.63. The molecule has 1 aliphatic rings. The van der Waals surface area contributed by atoms with Gasteiger partial charge in [0.1, 0.15) is 11.1 Å². The minimum absolute atomic E-state index is 0.00104. The lowest BCUT2D eigenvalue weighted by molar-refractivity contribution is -0.128. The van der Waals surface area contributed by atoms with Crippen LogP contribution in [0.25, 0.3) is 0 Å². The Morgan fingerprint density at radius 3 is 2.76 bits per heavy atom. The molecule has 5 heteroatoms. The maximum atomic E-state index is 11.6. The van der Waals surface area contributed by atoms with Crippen molar-refractivity contribution in [1.82, 2.24) is 4.90 Å². The van der Waals surface area contributed by atoms with Gasteiger partial charge in [-0.3, -0.25) is 4.79 Å². The van der Waals surface area contributed by atoms with E-state index in [0.29, 0.717) is 12.3 Å². The first-order valence-corrected chi connectivity index (χ1v) is 6.47. The first kappa shape index (κ1) is 12.3.